The zero-order valence-corrected chi connectivity index (χ0v) is 18.1. The van der Waals surface area contributed by atoms with Gasteiger partial charge < -0.3 is 15.2 Å². The van der Waals surface area contributed by atoms with Gasteiger partial charge in [-0.05, 0) is 49.6 Å². The molecule has 0 bridgehead atoms. The molecule has 0 fully saturated rings. The average Bonchev–Trinajstić information content (AvgIpc) is 3.13. The summed E-state index contributed by atoms with van der Waals surface area (Å²) in [6.07, 6.45) is 1.79. The van der Waals surface area contributed by atoms with Gasteiger partial charge in [-0.1, -0.05) is 60.2 Å². The van der Waals surface area contributed by atoms with E-state index in [0.717, 1.165) is 41.0 Å². The van der Waals surface area contributed by atoms with Gasteiger partial charge in [-0.25, -0.2) is 9.78 Å². The van der Waals surface area contributed by atoms with Crippen molar-refractivity contribution in [3.05, 3.63) is 95.3 Å². The Kier molecular flexibility index (Phi) is 6.32. The van der Waals surface area contributed by atoms with E-state index in [4.69, 9.17) is 4.98 Å². The molecule has 5 nitrogen and oxygen atoms in total. The van der Waals surface area contributed by atoms with E-state index in [-0.39, 0.29) is 6.03 Å². The molecule has 5 heteroatoms. The van der Waals surface area contributed by atoms with Gasteiger partial charge in [-0.15, -0.1) is 0 Å². The van der Waals surface area contributed by atoms with Gasteiger partial charge in [-0.2, -0.15) is 0 Å². The smallest absolute Gasteiger partial charge is 0.319 e. The molecule has 0 aliphatic carbocycles. The highest BCUT2D eigenvalue weighted by Gasteiger charge is 2.11. The minimum Gasteiger partial charge on any atom is -0.336 e. The Bertz CT molecular complexity index is 1180. The van der Waals surface area contributed by atoms with Crippen LogP contribution in [0.1, 0.15) is 22.5 Å². The van der Waals surface area contributed by atoms with Crippen LogP contribution >= 0.6 is 0 Å². The SMILES string of the molecule is Cc1ccc(NC(=O)NCCn2c(CCc3ccccc3)nc3ccccc32)c(C)c1. The maximum absolute atomic E-state index is 12.4. The second-order valence-corrected chi connectivity index (χ2v) is 7.85. The third kappa shape index (κ3) is 5.12. The predicted octanol–water partition coefficient (Wildman–Crippen LogP) is 5.26. The van der Waals surface area contributed by atoms with Crippen LogP contribution in [0.5, 0.6) is 0 Å². The van der Waals surface area contributed by atoms with E-state index in [0.29, 0.717) is 13.1 Å². The summed E-state index contributed by atoms with van der Waals surface area (Å²) in [4.78, 5) is 17.2. The number of anilines is 1. The minimum atomic E-state index is -0.192. The number of fused-ring (bicyclic) bond motifs is 1. The van der Waals surface area contributed by atoms with E-state index < -0.39 is 0 Å². The molecule has 0 saturated carbocycles. The molecule has 3 aromatic carbocycles. The number of hydrogen-bond acceptors (Lipinski definition) is 2. The minimum absolute atomic E-state index is 0.192. The number of carbonyl (C=O) groups excluding carboxylic acids is 1. The Hall–Kier alpha value is -3.60. The summed E-state index contributed by atoms with van der Waals surface area (Å²) in [5.74, 6) is 1.04. The van der Waals surface area contributed by atoms with Crippen molar-refractivity contribution in [3.8, 4) is 0 Å². The van der Waals surface area contributed by atoms with Gasteiger partial charge in [-0.3, -0.25) is 0 Å². The van der Waals surface area contributed by atoms with Gasteiger partial charge in [0, 0.05) is 25.2 Å². The Morgan fingerprint density at radius 3 is 2.52 bits per heavy atom. The van der Waals surface area contributed by atoms with Crippen molar-refractivity contribution < 1.29 is 4.79 Å². The number of nitrogens with one attached hydrogen (secondary N) is 2. The monoisotopic (exact) mass is 412 g/mol. The Balaban J connectivity index is 1.41. The van der Waals surface area contributed by atoms with Gasteiger partial charge in [0.2, 0.25) is 0 Å². The van der Waals surface area contributed by atoms with Crippen molar-refractivity contribution in [2.75, 3.05) is 11.9 Å². The van der Waals surface area contributed by atoms with Gasteiger partial charge in [0.25, 0.3) is 0 Å². The normalized spacial score (nSPS) is 10.9. The fraction of sp³-hybridized carbons (Fsp3) is 0.231. The van der Waals surface area contributed by atoms with Gasteiger partial charge in [0.1, 0.15) is 5.82 Å². The molecule has 2 amide bonds. The molecule has 0 atom stereocenters. The molecule has 0 saturated heterocycles. The topological polar surface area (TPSA) is 59.0 Å². The number of benzene rings is 3. The predicted molar refractivity (Wildman–Crippen MR) is 127 cm³/mol. The molecule has 158 valence electrons. The van der Waals surface area contributed by atoms with E-state index in [9.17, 15) is 4.79 Å². The summed E-state index contributed by atoms with van der Waals surface area (Å²) in [5.41, 5.74) is 6.46. The zero-order chi connectivity index (χ0) is 21.6. The second-order valence-electron chi connectivity index (χ2n) is 7.85. The molecule has 0 aliphatic rings. The summed E-state index contributed by atoms with van der Waals surface area (Å²) in [6.45, 7) is 5.24. The molecule has 1 aromatic heterocycles. The number of urea groups is 1. The number of imidazole rings is 1. The van der Waals surface area contributed by atoms with Crippen LogP contribution in [-0.4, -0.2) is 22.1 Å². The van der Waals surface area contributed by atoms with Crippen LogP contribution in [0.25, 0.3) is 11.0 Å². The molecule has 4 rings (SSSR count). The van der Waals surface area contributed by atoms with Crippen molar-refractivity contribution in [3.63, 3.8) is 0 Å². The lowest BCUT2D eigenvalue weighted by atomic mass is 10.1. The lowest BCUT2D eigenvalue weighted by Gasteiger charge is -2.12. The van der Waals surface area contributed by atoms with Gasteiger partial charge >= 0.3 is 6.03 Å². The van der Waals surface area contributed by atoms with Crippen LogP contribution in [0, 0.1) is 13.8 Å². The Labute approximate surface area is 183 Å². The number of rotatable bonds is 7. The van der Waals surface area contributed by atoms with E-state index >= 15 is 0 Å². The number of amides is 2. The molecule has 2 N–H and O–H groups in total. The van der Waals surface area contributed by atoms with E-state index in [1.807, 2.05) is 50.2 Å². The summed E-state index contributed by atoms with van der Waals surface area (Å²) in [6, 6.07) is 24.4. The van der Waals surface area contributed by atoms with Crippen LogP contribution in [0.4, 0.5) is 10.5 Å². The van der Waals surface area contributed by atoms with Crippen molar-refractivity contribution in [1.82, 2.24) is 14.9 Å². The Morgan fingerprint density at radius 2 is 1.71 bits per heavy atom. The van der Waals surface area contributed by atoms with Crippen molar-refractivity contribution in [2.24, 2.45) is 0 Å². The summed E-state index contributed by atoms with van der Waals surface area (Å²) in [7, 11) is 0. The first-order valence-electron chi connectivity index (χ1n) is 10.7. The second kappa shape index (κ2) is 9.47. The molecular formula is C26H28N4O. The van der Waals surface area contributed by atoms with Crippen LogP contribution in [-0.2, 0) is 19.4 Å². The maximum Gasteiger partial charge on any atom is 0.319 e. The number of para-hydroxylation sites is 2. The van der Waals surface area contributed by atoms with Crippen LogP contribution in [0.15, 0.2) is 72.8 Å². The van der Waals surface area contributed by atoms with Crippen LogP contribution in [0.3, 0.4) is 0 Å². The highest BCUT2D eigenvalue weighted by Crippen LogP contribution is 2.18. The first-order valence-corrected chi connectivity index (χ1v) is 10.7. The molecule has 0 aliphatic heterocycles. The highest BCUT2D eigenvalue weighted by atomic mass is 16.2. The first kappa shape index (κ1) is 20.7. The number of hydrogen-bond donors (Lipinski definition) is 2. The average molecular weight is 413 g/mol. The molecular weight excluding hydrogens is 384 g/mol. The molecule has 0 unspecified atom stereocenters. The number of aromatic nitrogens is 2. The largest absolute Gasteiger partial charge is 0.336 e. The van der Waals surface area contributed by atoms with Crippen molar-refractivity contribution in [2.45, 2.75) is 33.2 Å². The molecule has 0 radical (unpaired) electrons. The van der Waals surface area contributed by atoms with Crippen molar-refractivity contribution >= 4 is 22.8 Å². The summed E-state index contributed by atoms with van der Waals surface area (Å²) >= 11 is 0. The summed E-state index contributed by atoms with van der Waals surface area (Å²) < 4.78 is 2.22. The molecule has 0 spiro atoms. The standard InChI is InChI=1S/C26H28N4O/c1-19-12-14-22(20(2)18-19)29-26(31)27-16-17-30-24-11-7-6-10-23(24)28-25(30)15-13-21-8-4-3-5-9-21/h3-12,14,18H,13,15-17H2,1-2H3,(H2,27,29,31). The summed E-state index contributed by atoms with van der Waals surface area (Å²) in [5, 5.41) is 5.92. The zero-order valence-electron chi connectivity index (χ0n) is 18.1. The molecule has 1 heterocycles. The highest BCUT2D eigenvalue weighted by molar-refractivity contribution is 5.90. The van der Waals surface area contributed by atoms with E-state index in [2.05, 4.69) is 51.6 Å². The molecule has 4 aromatic rings. The molecule has 31 heavy (non-hydrogen) atoms. The van der Waals surface area contributed by atoms with E-state index in [1.165, 1.54) is 11.1 Å². The lowest BCUT2D eigenvalue weighted by Crippen LogP contribution is -2.32. The fourth-order valence-electron chi connectivity index (χ4n) is 3.87. The van der Waals surface area contributed by atoms with Crippen LogP contribution < -0.4 is 10.6 Å². The van der Waals surface area contributed by atoms with Crippen LogP contribution in [0.2, 0.25) is 0 Å². The third-order valence-electron chi connectivity index (χ3n) is 5.46. The number of aryl methyl sites for hydroxylation is 4. The maximum atomic E-state index is 12.4. The van der Waals surface area contributed by atoms with E-state index in [1.54, 1.807) is 0 Å². The number of nitrogens with zero attached hydrogens (tertiary/aromatic N) is 2. The lowest BCUT2D eigenvalue weighted by molar-refractivity contribution is 0.251. The third-order valence-corrected chi connectivity index (χ3v) is 5.46. The van der Waals surface area contributed by atoms with Gasteiger partial charge in [0.05, 0.1) is 11.0 Å². The number of carbonyl (C=O) groups is 1. The first-order chi connectivity index (χ1) is 15.1. The quantitative estimate of drug-likeness (QED) is 0.435. The fourth-order valence-corrected chi connectivity index (χ4v) is 3.87. The Morgan fingerprint density at radius 1 is 0.935 bits per heavy atom. The van der Waals surface area contributed by atoms with Crippen molar-refractivity contribution in [1.29, 1.82) is 0 Å². The van der Waals surface area contributed by atoms with Gasteiger partial charge in [0.15, 0.2) is 0 Å².